The Bertz CT molecular complexity index is 759. The molecular formula is C28H47IN3O+. The van der Waals surface area contributed by atoms with E-state index in [2.05, 4.69) is 101 Å². The van der Waals surface area contributed by atoms with Crippen molar-refractivity contribution in [2.24, 2.45) is 0 Å². The van der Waals surface area contributed by atoms with Gasteiger partial charge < -0.3 is 42.6 Å². The van der Waals surface area contributed by atoms with Crippen molar-refractivity contribution in [2.75, 3.05) is 70.4 Å². The number of hydrogen-bond acceptors (Lipinski definition) is 2. The van der Waals surface area contributed by atoms with Crippen molar-refractivity contribution in [2.45, 2.75) is 41.5 Å². The number of likely N-dealkylation sites (N-methyl/N-ethyl adjacent to an activating group) is 2. The molecule has 5 heteroatoms. The van der Waals surface area contributed by atoms with Gasteiger partial charge in [0.25, 0.3) is 0 Å². The van der Waals surface area contributed by atoms with E-state index in [0.29, 0.717) is 0 Å². The molecule has 0 fully saturated rings. The third-order valence-corrected chi connectivity index (χ3v) is 7.87. The number of hydrogen-bond donors (Lipinski definition) is 0. The molecule has 0 radical (unpaired) electrons. The third-order valence-electron chi connectivity index (χ3n) is 7.87. The van der Waals surface area contributed by atoms with Gasteiger partial charge in [-0.3, -0.25) is 0 Å². The summed E-state index contributed by atoms with van der Waals surface area (Å²) in [6.45, 7) is 24.6. The summed E-state index contributed by atoms with van der Waals surface area (Å²) in [6, 6.07) is 19.3. The molecule has 0 aliphatic heterocycles. The largest absolute Gasteiger partial charge is 1.00 e. The maximum absolute atomic E-state index is 6.45. The summed E-state index contributed by atoms with van der Waals surface area (Å²) in [7, 11) is 0. The highest BCUT2D eigenvalue weighted by molar-refractivity contribution is 5.69. The first kappa shape index (κ1) is 29.7. The molecule has 0 atom stereocenters. The van der Waals surface area contributed by atoms with Crippen molar-refractivity contribution >= 4 is 11.4 Å². The molecule has 2 aromatic carbocycles. The summed E-state index contributed by atoms with van der Waals surface area (Å²) in [5.74, 6) is 0.986. The molecule has 186 valence electrons. The van der Waals surface area contributed by atoms with Gasteiger partial charge in [-0.25, -0.2) is 0 Å². The summed E-state index contributed by atoms with van der Waals surface area (Å²) >= 11 is 0. The molecule has 2 aromatic rings. The Morgan fingerprint density at radius 3 is 1.67 bits per heavy atom. The number of benzene rings is 2. The fourth-order valence-electron chi connectivity index (χ4n) is 4.75. The normalized spacial score (nSPS) is 11.7. The van der Waals surface area contributed by atoms with E-state index in [0.717, 1.165) is 60.6 Å². The molecule has 0 saturated heterocycles. The predicted molar refractivity (Wildman–Crippen MR) is 139 cm³/mol. The van der Waals surface area contributed by atoms with Crippen LogP contribution in [0.15, 0.2) is 54.6 Å². The standard InChI is InChI=1S/C28H47N3O.HI/c1-7-30(8-2,9-3)23-22-29(26-18-14-13-15-19-26)27-20-16-17-21-28(27)32-25-24-31(10-4,11-5)12-6;/h13-21H,7-12,22-25H2,1-6H3;1H/q+2;/p-1. The van der Waals surface area contributed by atoms with Gasteiger partial charge in [0, 0.05) is 5.69 Å². The Morgan fingerprint density at radius 1 is 0.636 bits per heavy atom. The van der Waals surface area contributed by atoms with Crippen LogP contribution in [0.2, 0.25) is 0 Å². The Morgan fingerprint density at radius 2 is 1.12 bits per heavy atom. The fraction of sp³-hybridized carbons (Fsp3) is 0.571. The third kappa shape index (κ3) is 7.86. The van der Waals surface area contributed by atoms with Gasteiger partial charge in [-0.15, -0.1) is 0 Å². The monoisotopic (exact) mass is 568 g/mol. The van der Waals surface area contributed by atoms with Crippen molar-refractivity contribution in [3.63, 3.8) is 0 Å². The molecular weight excluding hydrogens is 521 g/mol. The van der Waals surface area contributed by atoms with E-state index in [9.17, 15) is 0 Å². The first-order chi connectivity index (χ1) is 15.5. The molecule has 0 N–H and O–H groups in total. The second-order valence-corrected chi connectivity index (χ2v) is 8.83. The Hall–Kier alpha value is -1.31. The minimum absolute atomic E-state index is 0. The quantitative estimate of drug-likeness (QED) is 0.242. The summed E-state index contributed by atoms with van der Waals surface area (Å²) in [4.78, 5) is 2.45. The molecule has 0 bridgehead atoms. The van der Waals surface area contributed by atoms with Gasteiger partial charge in [0.15, 0.2) is 0 Å². The van der Waals surface area contributed by atoms with Crippen LogP contribution < -0.4 is 33.6 Å². The second kappa shape index (κ2) is 14.8. The van der Waals surface area contributed by atoms with Crippen LogP contribution in [0.4, 0.5) is 11.4 Å². The summed E-state index contributed by atoms with van der Waals surface area (Å²) in [6.07, 6.45) is 0. The van der Waals surface area contributed by atoms with E-state index in [1.54, 1.807) is 0 Å². The number of anilines is 2. The van der Waals surface area contributed by atoms with Gasteiger partial charge in [0.2, 0.25) is 0 Å². The van der Waals surface area contributed by atoms with Gasteiger partial charge in [-0.05, 0) is 65.8 Å². The SMILES string of the molecule is CC[N+](CC)(CC)CCOc1ccccc1N(CC[N+](CC)(CC)CC)c1ccccc1.[I-]. The minimum atomic E-state index is 0. The summed E-state index contributed by atoms with van der Waals surface area (Å²) < 4.78 is 8.69. The maximum atomic E-state index is 6.45. The van der Waals surface area contributed by atoms with Crippen molar-refractivity contribution in [3.8, 4) is 5.75 Å². The van der Waals surface area contributed by atoms with Crippen LogP contribution in [0.3, 0.4) is 0 Å². The zero-order valence-electron chi connectivity index (χ0n) is 21.9. The fourth-order valence-corrected chi connectivity index (χ4v) is 4.75. The van der Waals surface area contributed by atoms with E-state index in [4.69, 9.17) is 4.74 Å². The number of para-hydroxylation sites is 3. The maximum Gasteiger partial charge on any atom is 0.143 e. The highest BCUT2D eigenvalue weighted by Crippen LogP contribution is 2.34. The Kier molecular flexibility index (Phi) is 13.4. The predicted octanol–water partition coefficient (Wildman–Crippen LogP) is 2.96. The summed E-state index contributed by atoms with van der Waals surface area (Å²) in [5.41, 5.74) is 2.40. The Labute approximate surface area is 220 Å². The molecule has 2 rings (SSSR count). The van der Waals surface area contributed by atoms with Gasteiger partial charge in [0.1, 0.15) is 18.9 Å². The molecule has 0 aliphatic carbocycles. The number of halogens is 1. The van der Waals surface area contributed by atoms with Crippen LogP contribution in [0.5, 0.6) is 5.75 Å². The van der Waals surface area contributed by atoms with E-state index < -0.39 is 0 Å². The smallest absolute Gasteiger partial charge is 0.143 e. The van der Waals surface area contributed by atoms with E-state index >= 15 is 0 Å². The first-order valence-electron chi connectivity index (χ1n) is 12.8. The average Bonchev–Trinajstić information content (AvgIpc) is 2.86. The molecule has 4 nitrogen and oxygen atoms in total. The van der Waals surface area contributed by atoms with Crippen molar-refractivity contribution in [1.29, 1.82) is 0 Å². The number of quaternary nitrogens is 2. The van der Waals surface area contributed by atoms with E-state index in [1.165, 1.54) is 31.0 Å². The van der Waals surface area contributed by atoms with E-state index in [1.807, 2.05) is 0 Å². The van der Waals surface area contributed by atoms with Gasteiger partial charge in [0.05, 0.1) is 58.0 Å². The van der Waals surface area contributed by atoms with Crippen LogP contribution in [-0.4, -0.2) is 74.5 Å². The van der Waals surface area contributed by atoms with Crippen LogP contribution in [-0.2, 0) is 0 Å². The molecule has 0 unspecified atom stereocenters. The topological polar surface area (TPSA) is 12.5 Å². The van der Waals surface area contributed by atoms with Gasteiger partial charge >= 0.3 is 0 Å². The first-order valence-corrected chi connectivity index (χ1v) is 12.8. The van der Waals surface area contributed by atoms with Gasteiger partial charge in [-0.1, -0.05) is 30.3 Å². The highest BCUT2D eigenvalue weighted by atomic mass is 127. The Balaban J connectivity index is 0.00000544. The van der Waals surface area contributed by atoms with E-state index in [-0.39, 0.29) is 24.0 Å². The number of nitrogens with zero attached hydrogens (tertiary/aromatic N) is 3. The minimum Gasteiger partial charge on any atom is -1.00 e. The molecule has 0 heterocycles. The summed E-state index contributed by atoms with van der Waals surface area (Å²) in [5, 5.41) is 0. The van der Waals surface area contributed by atoms with Crippen LogP contribution in [0.25, 0.3) is 0 Å². The lowest BCUT2D eigenvalue weighted by atomic mass is 10.2. The molecule has 0 amide bonds. The van der Waals surface area contributed by atoms with Gasteiger partial charge in [-0.2, -0.15) is 0 Å². The van der Waals surface area contributed by atoms with Crippen LogP contribution >= 0.6 is 0 Å². The van der Waals surface area contributed by atoms with Crippen molar-refractivity contribution in [3.05, 3.63) is 54.6 Å². The lowest BCUT2D eigenvalue weighted by Crippen LogP contribution is -3.00. The molecule has 0 saturated carbocycles. The van der Waals surface area contributed by atoms with Crippen molar-refractivity contribution in [1.82, 2.24) is 0 Å². The number of ether oxygens (including phenoxy) is 1. The van der Waals surface area contributed by atoms with Crippen molar-refractivity contribution < 1.29 is 37.7 Å². The molecule has 0 aliphatic rings. The average molecular weight is 569 g/mol. The molecule has 0 aromatic heterocycles. The van der Waals surface area contributed by atoms with Crippen LogP contribution in [0.1, 0.15) is 41.5 Å². The second-order valence-electron chi connectivity index (χ2n) is 8.83. The molecule has 33 heavy (non-hydrogen) atoms. The lowest BCUT2D eigenvalue weighted by molar-refractivity contribution is -0.923. The molecule has 0 spiro atoms. The highest BCUT2D eigenvalue weighted by Gasteiger charge is 2.25. The van der Waals surface area contributed by atoms with Crippen LogP contribution in [0, 0.1) is 0 Å². The lowest BCUT2D eigenvalue weighted by Gasteiger charge is -2.38. The number of rotatable bonds is 15. The zero-order valence-corrected chi connectivity index (χ0v) is 24.1. The zero-order chi connectivity index (χ0) is 23.5.